The third kappa shape index (κ3) is 3.29. The van der Waals surface area contributed by atoms with Crippen molar-refractivity contribution < 1.29 is 18.8 Å². The van der Waals surface area contributed by atoms with Crippen molar-refractivity contribution in [2.75, 3.05) is 37.6 Å². The fraction of sp³-hybridized carbons (Fsp3) is 0.588. The van der Waals surface area contributed by atoms with Gasteiger partial charge >= 0.3 is 11.8 Å². The van der Waals surface area contributed by atoms with Crippen molar-refractivity contribution in [3.05, 3.63) is 17.9 Å². The maximum atomic E-state index is 12.4. The first-order valence-electron chi connectivity index (χ1n) is 8.40. The quantitative estimate of drug-likeness (QED) is 0.719. The molecule has 2 aliphatic rings. The first kappa shape index (κ1) is 16.5. The number of nitrogens with zero attached hydrogens (tertiary/aromatic N) is 3. The molecular weight excluding hydrogens is 310 g/mol. The summed E-state index contributed by atoms with van der Waals surface area (Å²) in [7, 11) is 0. The lowest BCUT2D eigenvalue weighted by Gasteiger charge is -2.35. The number of carbonyl (C=O) groups is 3. The summed E-state index contributed by atoms with van der Waals surface area (Å²) in [4.78, 5) is 41.6. The number of furan rings is 1. The Labute approximate surface area is 141 Å². The SMILES string of the molecule is Cc1ccc(N2CCN(C(=O)C(=O)N3CCCC(C)C3)CC2=O)o1. The lowest BCUT2D eigenvalue weighted by atomic mass is 10.0. The molecule has 0 spiro atoms. The second-order valence-electron chi connectivity index (χ2n) is 6.65. The first-order valence-corrected chi connectivity index (χ1v) is 8.40. The molecule has 1 atom stereocenters. The van der Waals surface area contributed by atoms with Crippen molar-refractivity contribution in [1.29, 1.82) is 0 Å². The van der Waals surface area contributed by atoms with Crippen molar-refractivity contribution in [2.24, 2.45) is 5.92 Å². The van der Waals surface area contributed by atoms with Crippen LogP contribution in [-0.2, 0) is 14.4 Å². The van der Waals surface area contributed by atoms with Crippen LogP contribution in [0.3, 0.4) is 0 Å². The molecule has 2 aliphatic heterocycles. The van der Waals surface area contributed by atoms with Gasteiger partial charge in [-0.3, -0.25) is 19.3 Å². The zero-order chi connectivity index (χ0) is 17.3. The standard InChI is InChI=1S/C17H23N3O4/c1-12-4-3-7-18(10-12)16(22)17(23)19-8-9-20(14(21)11-19)15-6-5-13(2)24-15/h5-6,12H,3-4,7-11H2,1-2H3. The third-order valence-electron chi connectivity index (χ3n) is 4.63. The van der Waals surface area contributed by atoms with Crippen LogP contribution in [0.2, 0.25) is 0 Å². The molecule has 0 bridgehead atoms. The molecule has 0 N–H and O–H groups in total. The Morgan fingerprint density at radius 3 is 2.50 bits per heavy atom. The van der Waals surface area contributed by atoms with Gasteiger partial charge in [-0.1, -0.05) is 6.92 Å². The highest BCUT2D eigenvalue weighted by atomic mass is 16.4. The zero-order valence-corrected chi connectivity index (χ0v) is 14.2. The molecule has 1 aromatic rings. The van der Waals surface area contributed by atoms with Crippen molar-refractivity contribution in [2.45, 2.75) is 26.7 Å². The largest absolute Gasteiger partial charge is 0.445 e. The Hall–Kier alpha value is -2.31. The van der Waals surface area contributed by atoms with E-state index < -0.39 is 11.8 Å². The van der Waals surface area contributed by atoms with Crippen molar-refractivity contribution in [1.82, 2.24) is 9.80 Å². The van der Waals surface area contributed by atoms with Crippen LogP contribution in [0.1, 0.15) is 25.5 Å². The summed E-state index contributed by atoms with van der Waals surface area (Å²) in [5.74, 6) is 0.329. The van der Waals surface area contributed by atoms with E-state index in [2.05, 4.69) is 6.92 Å². The molecule has 2 saturated heterocycles. The lowest BCUT2D eigenvalue weighted by Crippen LogP contribution is -2.56. The summed E-state index contributed by atoms with van der Waals surface area (Å²) >= 11 is 0. The van der Waals surface area contributed by atoms with E-state index in [4.69, 9.17) is 4.42 Å². The number of carbonyl (C=O) groups excluding carboxylic acids is 3. The Morgan fingerprint density at radius 2 is 1.88 bits per heavy atom. The molecule has 2 fully saturated rings. The monoisotopic (exact) mass is 333 g/mol. The van der Waals surface area contributed by atoms with Crippen molar-refractivity contribution in [3.8, 4) is 0 Å². The molecule has 1 aromatic heterocycles. The molecule has 0 radical (unpaired) electrons. The molecule has 3 amide bonds. The third-order valence-corrected chi connectivity index (χ3v) is 4.63. The Balaban J connectivity index is 1.61. The second kappa shape index (κ2) is 6.67. The van der Waals surface area contributed by atoms with Crippen LogP contribution in [0.4, 0.5) is 5.88 Å². The highest BCUT2D eigenvalue weighted by Gasteiger charge is 2.35. The van der Waals surface area contributed by atoms with Crippen molar-refractivity contribution in [3.63, 3.8) is 0 Å². The van der Waals surface area contributed by atoms with E-state index in [0.29, 0.717) is 38.0 Å². The van der Waals surface area contributed by atoms with E-state index in [9.17, 15) is 14.4 Å². The normalized spacial score (nSPS) is 22.0. The highest BCUT2D eigenvalue weighted by Crippen LogP contribution is 2.21. The predicted octanol–water partition coefficient (Wildman–Crippen LogP) is 1.02. The Bertz CT molecular complexity index is 654. The number of rotatable bonds is 1. The van der Waals surface area contributed by atoms with Gasteiger partial charge in [0, 0.05) is 32.2 Å². The minimum Gasteiger partial charge on any atom is -0.445 e. The number of hydrogen-bond acceptors (Lipinski definition) is 4. The molecular formula is C17H23N3O4. The highest BCUT2D eigenvalue weighted by molar-refractivity contribution is 6.35. The van der Waals surface area contributed by atoms with Crippen LogP contribution in [0.25, 0.3) is 0 Å². The summed E-state index contributed by atoms with van der Waals surface area (Å²) in [5.41, 5.74) is 0. The summed E-state index contributed by atoms with van der Waals surface area (Å²) < 4.78 is 5.47. The minimum atomic E-state index is -0.576. The van der Waals surface area contributed by atoms with Crippen molar-refractivity contribution >= 4 is 23.6 Å². The number of anilines is 1. The maximum Gasteiger partial charge on any atom is 0.312 e. The average Bonchev–Trinajstić information content (AvgIpc) is 2.99. The van der Waals surface area contributed by atoms with Crippen LogP contribution in [0.5, 0.6) is 0 Å². The van der Waals surface area contributed by atoms with E-state index >= 15 is 0 Å². The number of hydrogen-bond donors (Lipinski definition) is 0. The fourth-order valence-electron chi connectivity index (χ4n) is 3.29. The maximum absolute atomic E-state index is 12.4. The molecule has 3 heterocycles. The van der Waals surface area contributed by atoms with E-state index in [1.54, 1.807) is 17.0 Å². The minimum absolute atomic E-state index is 0.0896. The molecule has 0 aromatic carbocycles. The van der Waals surface area contributed by atoms with E-state index in [-0.39, 0.29) is 12.5 Å². The van der Waals surface area contributed by atoms with Gasteiger partial charge in [0.2, 0.25) is 11.8 Å². The van der Waals surface area contributed by atoms with Crippen LogP contribution >= 0.6 is 0 Å². The van der Waals surface area contributed by atoms with E-state index in [1.807, 2.05) is 6.92 Å². The van der Waals surface area contributed by atoms with Gasteiger partial charge in [-0.25, -0.2) is 0 Å². The topological polar surface area (TPSA) is 74.1 Å². The number of amides is 3. The first-order chi connectivity index (χ1) is 11.5. The number of aryl methyl sites for hydroxylation is 1. The smallest absolute Gasteiger partial charge is 0.312 e. The summed E-state index contributed by atoms with van der Waals surface area (Å²) in [6, 6.07) is 3.53. The van der Waals surface area contributed by atoms with Gasteiger partial charge in [0.15, 0.2) is 0 Å². The lowest BCUT2D eigenvalue weighted by molar-refractivity contribution is -0.154. The van der Waals surface area contributed by atoms with Gasteiger partial charge < -0.3 is 14.2 Å². The van der Waals surface area contributed by atoms with Crippen LogP contribution in [0.15, 0.2) is 16.5 Å². The fourth-order valence-corrected chi connectivity index (χ4v) is 3.29. The Kier molecular flexibility index (Phi) is 4.59. The van der Waals surface area contributed by atoms with Gasteiger partial charge in [0.05, 0.1) is 0 Å². The summed E-state index contributed by atoms with van der Waals surface area (Å²) in [6.45, 7) is 5.70. The molecule has 0 saturated carbocycles. The predicted molar refractivity (Wildman–Crippen MR) is 87.4 cm³/mol. The van der Waals surface area contributed by atoms with Gasteiger partial charge in [-0.05, 0) is 31.7 Å². The van der Waals surface area contributed by atoms with Gasteiger partial charge in [-0.15, -0.1) is 0 Å². The molecule has 24 heavy (non-hydrogen) atoms. The van der Waals surface area contributed by atoms with E-state index in [1.165, 1.54) is 9.80 Å². The molecule has 7 heteroatoms. The van der Waals surface area contributed by atoms with Crippen LogP contribution < -0.4 is 4.90 Å². The summed E-state index contributed by atoms with van der Waals surface area (Å²) in [6.07, 6.45) is 2.00. The number of piperidine rings is 1. The summed E-state index contributed by atoms with van der Waals surface area (Å²) in [5, 5.41) is 0. The van der Waals surface area contributed by atoms with Crippen LogP contribution in [0, 0.1) is 12.8 Å². The average molecular weight is 333 g/mol. The molecule has 130 valence electrons. The number of piperazine rings is 1. The second-order valence-corrected chi connectivity index (χ2v) is 6.65. The van der Waals surface area contributed by atoms with Gasteiger partial charge in [0.1, 0.15) is 12.3 Å². The van der Waals surface area contributed by atoms with Crippen LogP contribution in [-0.4, -0.2) is 60.2 Å². The molecule has 0 aliphatic carbocycles. The van der Waals surface area contributed by atoms with Gasteiger partial charge in [0.25, 0.3) is 0 Å². The Morgan fingerprint density at radius 1 is 1.12 bits per heavy atom. The van der Waals surface area contributed by atoms with E-state index in [0.717, 1.165) is 18.6 Å². The number of likely N-dealkylation sites (tertiary alicyclic amines) is 1. The molecule has 1 unspecified atom stereocenters. The molecule has 3 rings (SSSR count). The molecule has 7 nitrogen and oxygen atoms in total. The van der Waals surface area contributed by atoms with Gasteiger partial charge in [-0.2, -0.15) is 0 Å². The zero-order valence-electron chi connectivity index (χ0n) is 14.2.